The van der Waals surface area contributed by atoms with Gasteiger partial charge in [0.2, 0.25) is 9.84 Å². The van der Waals surface area contributed by atoms with Gasteiger partial charge >= 0.3 is 5.97 Å². The van der Waals surface area contributed by atoms with Gasteiger partial charge in [-0.1, -0.05) is 29.8 Å². The minimum absolute atomic E-state index is 0.266. The molecule has 6 heteroatoms. The van der Waals surface area contributed by atoms with E-state index in [9.17, 15) is 18.3 Å². The molecule has 0 spiro atoms. The van der Waals surface area contributed by atoms with Crippen LogP contribution in [0.5, 0.6) is 0 Å². The van der Waals surface area contributed by atoms with E-state index in [2.05, 4.69) is 4.90 Å². The van der Waals surface area contributed by atoms with Crippen molar-refractivity contribution in [1.29, 1.82) is 0 Å². The van der Waals surface area contributed by atoms with Crippen molar-refractivity contribution in [3.05, 3.63) is 59.7 Å². The van der Waals surface area contributed by atoms with E-state index in [0.29, 0.717) is 19.5 Å². The molecule has 0 radical (unpaired) electrons. The number of hydrogen-bond acceptors (Lipinski definition) is 4. The second kappa shape index (κ2) is 6.85. The Morgan fingerprint density at radius 3 is 2.12 bits per heavy atom. The Labute approximate surface area is 154 Å². The van der Waals surface area contributed by atoms with Gasteiger partial charge in [-0.3, -0.25) is 9.69 Å². The maximum atomic E-state index is 12.7. The van der Waals surface area contributed by atoms with Gasteiger partial charge in [0.1, 0.15) is 0 Å². The summed E-state index contributed by atoms with van der Waals surface area (Å²) in [6, 6.07) is 13.7. The highest BCUT2D eigenvalue weighted by Crippen LogP contribution is 2.31. The molecule has 0 saturated carbocycles. The van der Waals surface area contributed by atoms with Crippen LogP contribution in [0.2, 0.25) is 0 Å². The minimum Gasteiger partial charge on any atom is -0.481 e. The molecule has 2 aromatic rings. The fraction of sp³-hybridized carbons (Fsp3) is 0.350. The van der Waals surface area contributed by atoms with E-state index in [1.807, 2.05) is 6.92 Å². The first-order valence-electron chi connectivity index (χ1n) is 8.57. The Morgan fingerprint density at radius 1 is 1.08 bits per heavy atom. The maximum Gasteiger partial charge on any atom is 0.310 e. The molecule has 1 saturated heterocycles. The van der Waals surface area contributed by atoms with Crippen LogP contribution < -0.4 is 0 Å². The normalized spacial score (nSPS) is 21.0. The van der Waals surface area contributed by atoms with Gasteiger partial charge in [0.25, 0.3) is 0 Å². The van der Waals surface area contributed by atoms with Gasteiger partial charge in [-0.05, 0) is 56.6 Å². The average Bonchev–Trinajstić information content (AvgIpc) is 2.98. The van der Waals surface area contributed by atoms with E-state index in [1.54, 1.807) is 55.5 Å². The molecule has 0 aliphatic carbocycles. The van der Waals surface area contributed by atoms with Crippen molar-refractivity contribution in [2.45, 2.75) is 36.6 Å². The predicted octanol–water partition coefficient (Wildman–Crippen LogP) is 3.12. The number of rotatable bonds is 5. The van der Waals surface area contributed by atoms with Crippen molar-refractivity contribution >= 4 is 15.8 Å². The summed E-state index contributed by atoms with van der Waals surface area (Å²) in [6.07, 6.45) is 0.627. The molecule has 1 aliphatic rings. The van der Waals surface area contributed by atoms with Crippen LogP contribution in [0.3, 0.4) is 0 Å². The highest BCUT2D eigenvalue weighted by atomic mass is 32.2. The van der Waals surface area contributed by atoms with Gasteiger partial charge in [0, 0.05) is 13.1 Å². The van der Waals surface area contributed by atoms with Gasteiger partial charge in [-0.25, -0.2) is 8.42 Å². The molecule has 0 bridgehead atoms. The quantitative estimate of drug-likeness (QED) is 0.872. The lowest BCUT2D eigenvalue weighted by atomic mass is 9.90. The lowest BCUT2D eigenvalue weighted by molar-refractivity contribution is -0.147. The van der Waals surface area contributed by atoms with E-state index in [4.69, 9.17) is 0 Å². The second-order valence-electron chi connectivity index (χ2n) is 7.29. The number of aliphatic carboxylic acids is 1. The topological polar surface area (TPSA) is 74.7 Å². The fourth-order valence-electron chi connectivity index (χ4n) is 3.25. The number of benzene rings is 2. The molecular formula is C20H23NO4S. The lowest BCUT2D eigenvalue weighted by Gasteiger charge is -2.20. The van der Waals surface area contributed by atoms with Crippen LogP contribution in [0.1, 0.15) is 24.5 Å². The standard InChI is InChI=1S/C20H23NO4S/c1-15-3-7-17(8-4-15)26(24,25)18-9-5-16(6-10-18)13-21-12-11-20(2,14-21)19(22)23/h3-10H,11-14H2,1-2H3,(H,22,23). The van der Waals surface area contributed by atoms with Crippen LogP contribution >= 0.6 is 0 Å². The van der Waals surface area contributed by atoms with Gasteiger partial charge in [-0.15, -0.1) is 0 Å². The Balaban J connectivity index is 1.73. The molecule has 1 atom stereocenters. The summed E-state index contributed by atoms with van der Waals surface area (Å²) in [5.74, 6) is -0.764. The third-order valence-electron chi connectivity index (χ3n) is 5.04. The summed E-state index contributed by atoms with van der Waals surface area (Å²) in [7, 11) is -3.52. The van der Waals surface area contributed by atoms with E-state index in [-0.39, 0.29) is 9.79 Å². The molecule has 1 fully saturated rings. The SMILES string of the molecule is Cc1ccc(S(=O)(=O)c2ccc(CN3CCC(C)(C(=O)O)C3)cc2)cc1. The zero-order valence-corrected chi connectivity index (χ0v) is 15.8. The number of carboxylic acids is 1. The van der Waals surface area contributed by atoms with Crippen LogP contribution in [0.25, 0.3) is 0 Å². The molecule has 0 amide bonds. The molecule has 0 aromatic heterocycles. The van der Waals surface area contributed by atoms with E-state index < -0.39 is 21.2 Å². The van der Waals surface area contributed by atoms with Crippen LogP contribution in [0.4, 0.5) is 0 Å². The summed E-state index contributed by atoms with van der Waals surface area (Å²) < 4.78 is 25.4. The molecule has 5 nitrogen and oxygen atoms in total. The van der Waals surface area contributed by atoms with Gasteiger partial charge in [-0.2, -0.15) is 0 Å². The van der Waals surface area contributed by atoms with Crippen molar-refractivity contribution in [1.82, 2.24) is 4.90 Å². The molecule has 1 unspecified atom stereocenters. The van der Waals surface area contributed by atoms with Gasteiger partial charge in [0.05, 0.1) is 15.2 Å². The number of carboxylic acid groups (broad SMARTS) is 1. The average molecular weight is 373 g/mol. The van der Waals surface area contributed by atoms with E-state index in [0.717, 1.165) is 17.7 Å². The first kappa shape index (κ1) is 18.6. The number of carbonyl (C=O) groups is 1. The molecule has 1 aliphatic heterocycles. The number of sulfone groups is 1. The molecule has 138 valence electrons. The smallest absolute Gasteiger partial charge is 0.310 e. The Bertz CT molecular complexity index is 904. The lowest BCUT2D eigenvalue weighted by Crippen LogP contribution is -2.31. The Kier molecular flexibility index (Phi) is 4.90. The number of aryl methyl sites for hydroxylation is 1. The van der Waals surface area contributed by atoms with Crippen molar-refractivity contribution in [2.75, 3.05) is 13.1 Å². The zero-order chi connectivity index (χ0) is 18.9. The largest absolute Gasteiger partial charge is 0.481 e. The van der Waals surface area contributed by atoms with Crippen molar-refractivity contribution in [2.24, 2.45) is 5.41 Å². The first-order chi connectivity index (χ1) is 12.2. The molecule has 3 rings (SSSR count). The first-order valence-corrected chi connectivity index (χ1v) is 10.1. The summed E-state index contributed by atoms with van der Waals surface area (Å²) in [4.78, 5) is 14.0. The highest BCUT2D eigenvalue weighted by Gasteiger charge is 2.40. The summed E-state index contributed by atoms with van der Waals surface area (Å²) in [5, 5.41) is 9.31. The Morgan fingerprint density at radius 2 is 1.62 bits per heavy atom. The summed E-state index contributed by atoms with van der Waals surface area (Å²) in [5.41, 5.74) is 1.29. The van der Waals surface area contributed by atoms with Crippen LogP contribution in [-0.4, -0.2) is 37.5 Å². The van der Waals surface area contributed by atoms with Crippen LogP contribution in [0, 0.1) is 12.3 Å². The van der Waals surface area contributed by atoms with E-state index >= 15 is 0 Å². The number of likely N-dealkylation sites (tertiary alicyclic amines) is 1. The minimum atomic E-state index is -3.52. The zero-order valence-electron chi connectivity index (χ0n) is 15.0. The van der Waals surface area contributed by atoms with Gasteiger partial charge < -0.3 is 5.11 Å². The highest BCUT2D eigenvalue weighted by molar-refractivity contribution is 7.91. The summed E-state index contributed by atoms with van der Waals surface area (Å²) in [6.45, 7) is 5.54. The predicted molar refractivity (Wildman–Crippen MR) is 98.7 cm³/mol. The van der Waals surface area contributed by atoms with Crippen LogP contribution in [-0.2, 0) is 21.2 Å². The molecule has 1 N–H and O–H groups in total. The number of nitrogens with zero attached hydrogens (tertiary/aromatic N) is 1. The van der Waals surface area contributed by atoms with Crippen molar-refractivity contribution in [3.8, 4) is 0 Å². The third-order valence-corrected chi connectivity index (χ3v) is 6.83. The maximum absolute atomic E-state index is 12.7. The molecule has 2 aromatic carbocycles. The summed E-state index contributed by atoms with van der Waals surface area (Å²) >= 11 is 0. The monoisotopic (exact) mass is 373 g/mol. The second-order valence-corrected chi connectivity index (χ2v) is 9.24. The van der Waals surface area contributed by atoms with Crippen molar-refractivity contribution in [3.63, 3.8) is 0 Å². The molecule has 1 heterocycles. The van der Waals surface area contributed by atoms with Gasteiger partial charge in [0.15, 0.2) is 0 Å². The molecule has 26 heavy (non-hydrogen) atoms. The number of hydrogen-bond donors (Lipinski definition) is 1. The fourth-order valence-corrected chi connectivity index (χ4v) is 4.51. The van der Waals surface area contributed by atoms with Crippen molar-refractivity contribution < 1.29 is 18.3 Å². The Hall–Kier alpha value is -2.18. The molecular weight excluding hydrogens is 350 g/mol. The van der Waals surface area contributed by atoms with E-state index in [1.165, 1.54) is 0 Å². The third kappa shape index (κ3) is 3.66. The van der Waals surface area contributed by atoms with Crippen LogP contribution in [0.15, 0.2) is 58.3 Å².